The standard InChI is InChI=1S/C10H8F3N3OS/c11-10(12,13)8-15-16-9(18-8)17-5-6-1-3-7(14)4-2-6/h1-4H,5,14H2. The van der Waals surface area contributed by atoms with Gasteiger partial charge in [-0.2, -0.15) is 13.2 Å². The van der Waals surface area contributed by atoms with Crippen LogP contribution in [0.5, 0.6) is 5.19 Å². The minimum Gasteiger partial charge on any atom is -0.464 e. The molecule has 0 saturated heterocycles. The summed E-state index contributed by atoms with van der Waals surface area (Å²) in [5.74, 6) is 0. The number of nitrogen functional groups attached to an aromatic ring is 1. The third-order valence-corrected chi connectivity index (χ3v) is 2.87. The summed E-state index contributed by atoms with van der Waals surface area (Å²) in [5.41, 5.74) is 6.89. The lowest BCUT2D eigenvalue weighted by molar-refractivity contribution is -0.138. The summed E-state index contributed by atoms with van der Waals surface area (Å²) in [7, 11) is 0. The Morgan fingerprint density at radius 2 is 1.83 bits per heavy atom. The Balaban J connectivity index is 1.98. The van der Waals surface area contributed by atoms with Crippen molar-refractivity contribution in [2.24, 2.45) is 0 Å². The van der Waals surface area contributed by atoms with Crippen LogP contribution in [-0.2, 0) is 12.8 Å². The molecule has 0 bridgehead atoms. The van der Waals surface area contributed by atoms with Crippen LogP contribution in [0.15, 0.2) is 24.3 Å². The number of hydrogen-bond acceptors (Lipinski definition) is 5. The summed E-state index contributed by atoms with van der Waals surface area (Å²) in [6.45, 7) is 0.118. The van der Waals surface area contributed by atoms with Gasteiger partial charge < -0.3 is 10.5 Å². The Morgan fingerprint density at radius 1 is 1.17 bits per heavy atom. The van der Waals surface area contributed by atoms with Gasteiger partial charge in [-0.1, -0.05) is 28.6 Å². The van der Waals surface area contributed by atoms with Crippen LogP contribution >= 0.6 is 11.3 Å². The molecule has 2 aromatic rings. The van der Waals surface area contributed by atoms with Gasteiger partial charge in [0.1, 0.15) is 6.61 Å². The van der Waals surface area contributed by atoms with Crippen molar-refractivity contribution in [3.63, 3.8) is 0 Å². The lowest BCUT2D eigenvalue weighted by Gasteiger charge is -2.02. The van der Waals surface area contributed by atoms with Gasteiger partial charge in [0.15, 0.2) is 0 Å². The van der Waals surface area contributed by atoms with E-state index in [-0.39, 0.29) is 11.8 Å². The minimum atomic E-state index is -4.49. The zero-order valence-corrected chi connectivity index (χ0v) is 9.76. The van der Waals surface area contributed by atoms with Crippen molar-refractivity contribution < 1.29 is 17.9 Å². The van der Waals surface area contributed by atoms with Gasteiger partial charge in [-0.25, -0.2) is 0 Å². The van der Waals surface area contributed by atoms with Crippen molar-refractivity contribution in [3.8, 4) is 5.19 Å². The van der Waals surface area contributed by atoms with E-state index in [1.54, 1.807) is 24.3 Å². The van der Waals surface area contributed by atoms with E-state index in [1.165, 1.54) is 0 Å². The van der Waals surface area contributed by atoms with Gasteiger partial charge >= 0.3 is 6.18 Å². The molecular weight excluding hydrogens is 267 g/mol. The number of nitrogens with two attached hydrogens (primary N) is 1. The minimum absolute atomic E-state index is 0.112. The average Bonchev–Trinajstić information content (AvgIpc) is 2.77. The van der Waals surface area contributed by atoms with E-state index in [0.29, 0.717) is 17.0 Å². The van der Waals surface area contributed by atoms with Crippen molar-refractivity contribution in [1.29, 1.82) is 0 Å². The second kappa shape index (κ2) is 4.81. The lowest BCUT2D eigenvalue weighted by atomic mass is 10.2. The van der Waals surface area contributed by atoms with Crippen LogP contribution in [0.2, 0.25) is 0 Å². The number of nitrogens with zero attached hydrogens (tertiary/aromatic N) is 2. The van der Waals surface area contributed by atoms with Crippen LogP contribution in [0.3, 0.4) is 0 Å². The van der Waals surface area contributed by atoms with Crippen molar-refractivity contribution in [3.05, 3.63) is 34.8 Å². The molecule has 4 nitrogen and oxygen atoms in total. The van der Waals surface area contributed by atoms with E-state index < -0.39 is 11.2 Å². The molecule has 0 saturated carbocycles. The number of rotatable bonds is 3. The molecule has 0 atom stereocenters. The van der Waals surface area contributed by atoms with E-state index in [9.17, 15) is 13.2 Å². The maximum Gasteiger partial charge on any atom is 0.445 e. The van der Waals surface area contributed by atoms with Crippen molar-refractivity contribution in [2.75, 3.05) is 5.73 Å². The Hall–Kier alpha value is -1.83. The summed E-state index contributed by atoms with van der Waals surface area (Å²) in [4.78, 5) is 0. The van der Waals surface area contributed by atoms with E-state index in [4.69, 9.17) is 10.5 Å². The Bertz CT molecular complexity index is 524. The van der Waals surface area contributed by atoms with Crippen molar-refractivity contribution in [1.82, 2.24) is 10.2 Å². The largest absolute Gasteiger partial charge is 0.464 e. The number of hydrogen-bond donors (Lipinski definition) is 1. The average molecular weight is 275 g/mol. The number of benzene rings is 1. The number of anilines is 1. The first kappa shape index (κ1) is 12.6. The number of halogens is 3. The van der Waals surface area contributed by atoms with Crippen molar-refractivity contribution in [2.45, 2.75) is 12.8 Å². The molecule has 0 unspecified atom stereocenters. The molecule has 1 aromatic heterocycles. The maximum absolute atomic E-state index is 12.2. The first-order valence-corrected chi connectivity index (χ1v) is 5.65. The van der Waals surface area contributed by atoms with Crippen molar-refractivity contribution >= 4 is 17.0 Å². The number of aromatic nitrogens is 2. The Labute approximate surface area is 104 Å². The number of alkyl halides is 3. The lowest BCUT2D eigenvalue weighted by Crippen LogP contribution is -2.03. The molecule has 1 aromatic carbocycles. The molecule has 8 heteroatoms. The molecule has 0 aliphatic carbocycles. The van der Waals surface area contributed by atoms with Gasteiger partial charge in [0, 0.05) is 5.69 Å². The molecule has 0 aliphatic heterocycles. The summed E-state index contributed by atoms with van der Waals surface area (Å²) in [6, 6.07) is 6.81. The summed E-state index contributed by atoms with van der Waals surface area (Å²) in [5, 5.41) is 5.20. The Kier molecular flexibility index (Phi) is 3.37. The van der Waals surface area contributed by atoms with Gasteiger partial charge in [0.2, 0.25) is 5.01 Å². The van der Waals surface area contributed by atoms with Gasteiger partial charge in [0.25, 0.3) is 5.19 Å². The third kappa shape index (κ3) is 3.10. The van der Waals surface area contributed by atoms with Crippen LogP contribution < -0.4 is 10.5 Å². The molecule has 2 N–H and O–H groups in total. The molecule has 0 amide bonds. The molecule has 0 aliphatic rings. The smallest absolute Gasteiger partial charge is 0.445 e. The van der Waals surface area contributed by atoms with Gasteiger partial charge in [-0.15, -0.1) is 5.10 Å². The quantitative estimate of drug-likeness (QED) is 0.875. The summed E-state index contributed by atoms with van der Waals surface area (Å²) < 4.78 is 41.9. The zero-order valence-electron chi connectivity index (χ0n) is 8.94. The first-order valence-electron chi connectivity index (χ1n) is 4.83. The first-order chi connectivity index (χ1) is 8.45. The normalized spacial score (nSPS) is 11.5. The predicted molar refractivity (Wildman–Crippen MR) is 60.1 cm³/mol. The summed E-state index contributed by atoms with van der Waals surface area (Å²) in [6.07, 6.45) is -4.49. The zero-order chi connectivity index (χ0) is 13.2. The fourth-order valence-corrected chi connectivity index (χ4v) is 1.70. The van der Waals surface area contributed by atoms with Gasteiger partial charge in [0.05, 0.1) is 0 Å². The highest BCUT2D eigenvalue weighted by atomic mass is 32.1. The molecule has 0 fully saturated rings. The monoisotopic (exact) mass is 275 g/mol. The molecule has 96 valence electrons. The SMILES string of the molecule is Nc1ccc(COc2nnc(C(F)(F)F)s2)cc1. The van der Waals surface area contributed by atoms with Crippen LogP contribution in [0.25, 0.3) is 0 Å². The van der Waals surface area contributed by atoms with E-state index >= 15 is 0 Å². The Morgan fingerprint density at radius 3 is 2.39 bits per heavy atom. The topological polar surface area (TPSA) is 61.0 Å². The molecule has 0 radical (unpaired) electrons. The molecule has 2 rings (SSSR count). The highest BCUT2D eigenvalue weighted by Crippen LogP contribution is 2.34. The predicted octanol–water partition coefficient (Wildman–Crippen LogP) is 2.72. The molecule has 1 heterocycles. The van der Waals surface area contributed by atoms with Gasteiger partial charge in [-0.3, -0.25) is 0 Å². The third-order valence-electron chi connectivity index (χ3n) is 1.99. The van der Waals surface area contributed by atoms with Gasteiger partial charge in [-0.05, 0) is 17.7 Å². The van der Waals surface area contributed by atoms with Crippen LogP contribution in [0, 0.1) is 0 Å². The highest BCUT2D eigenvalue weighted by Gasteiger charge is 2.35. The molecule has 0 spiro atoms. The second-order valence-electron chi connectivity index (χ2n) is 3.40. The molecular formula is C10H8F3N3OS. The fourth-order valence-electron chi connectivity index (χ4n) is 1.14. The van der Waals surface area contributed by atoms with E-state index in [0.717, 1.165) is 5.56 Å². The van der Waals surface area contributed by atoms with E-state index in [2.05, 4.69) is 10.2 Å². The fraction of sp³-hybridized carbons (Fsp3) is 0.200. The highest BCUT2D eigenvalue weighted by molar-refractivity contribution is 7.13. The summed E-state index contributed by atoms with van der Waals surface area (Å²) >= 11 is 0.368. The second-order valence-corrected chi connectivity index (χ2v) is 4.34. The van der Waals surface area contributed by atoms with Crippen LogP contribution in [0.4, 0.5) is 18.9 Å². The van der Waals surface area contributed by atoms with Crippen LogP contribution in [-0.4, -0.2) is 10.2 Å². The van der Waals surface area contributed by atoms with E-state index in [1.807, 2.05) is 0 Å². The van der Waals surface area contributed by atoms with Crippen LogP contribution in [0.1, 0.15) is 10.6 Å². The number of ether oxygens (including phenoxy) is 1. The maximum atomic E-state index is 12.2. The molecule has 18 heavy (non-hydrogen) atoms.